The van der Waals surface area contributed by atoms with Gasteiger partial charge >= 0.3 is 0 Å². The van der Waals surface area contributed by atoms with Crippen molar-refractivity contribution in [1.82, 2.24) is 23.7 Å². The number of hydrogen-bond donors (Lipinski definition) is 0. The van der Waals surface area contributed by atoms with Gasteiger partial charge in [0, 0.05) is 49.3 Å². The topological polar surface area (TPSA) is 40.6 Å². The van der Waals surface area contributed by atoms with Crippen molar-refractivity contribution in [1.29, 1.82) is 0 Å². The van der Waals surface area contributed by atoms with Gasteiger partial charge in [-0.25, -0.2) is 9.97 Å². The van der Waals surface area contributed by atoms with Crippen LogP contribution in [0.15, 0.2) is 224 Å². The number of rotatable bonds is 5. The fraction of sp³-hybridized carbons (Fsp3) is 0. The molecular formula is C60H37N5. The third-order valence-electron chi connectivity index (χ3n) is 13.4. The first-order chi connectivity index (χ1) is 32.2. The van der Waals surface area contributed by atoms with Crippen LogP contribution in [0.1, 0.15) is 0 Å². The molecule has 0 saturated carbocycles. The van der Waals surface area contributed by atoms with Crippen LogP contribution in [-0.4, -0.2) is 23.7 Å². The van der Waals surface area contributed by atoms with Crippen LogP contribution >= 0.6 is 0 Å². The Morgan fingerprint density at radius 2 is 0.723 bits per heavy atom. The van der Waals surface area contributed by atoms with Gasteiger partial charge in [0.15, 0.2) is 5.82 Å². The fourth-order valence-corrected chi connectivity index (χ4v) is 10.5. The summed E-state index contributed by atoms with van der Waals surface area (Å²) < 4.78 is 7.08. The molecule has 4 aromatic heterocycles. The summed E-state index contributed by atoms with van der Waals surface area (Å²) in [6.07, 6.45) is 0. The van der Waals surface area contributed by atoms with E-state index in [2.05, 4.69) is 226 Å². The molecule has 0 aliphatic heterocycles. The first-order valence-electron chi connectivity index (χ1n) is 22.2. The van der Waals surface area contributed by atoms with Crippen LogP contribution in [0.4, 0.5) is 0 Å². The Hall–Kier alpha value is -8.80. The third kappa shape index (κ3) is 5.33. The molecule has 14 rings (SSSR count). The van der Waals surface area contributed by atoms with Gasteiger partial charge in [0.1, 0.15) is 5.69 Å². The standard InChI is InChI=1S/C60H37N5/c1-3-16-42(17-4-1)63-52-25-13-9-21-45(52)48-37-41(30-33-54(48)63)59-60(62-51-24-12-11-23-50(51)61-59)65-53-26-14-10-22-46(53)47-35-39(28-31-55(47)65)40-29-32-56-49(36-40)58-44-20-8-7-15-38(44)27-34-57(58)64(56)43-18-5-2-6-19-43/h1-37H. The van der Waals surface area contributed by atoms with E-state index in [4.69, 9.17) is 9.97 Å². The summed E-state index contributed by atoms with van der Waals surface area (Å²) in [6, 6.07) is 80.8. The smallest absolute Gasteiger partial charge is 0.165 e. The summed E-state index contributed by atoms with van der Waals surface area (Å²) in [5.74, 6) is 0.802. The highest BCUT2D eigenvalue weighted by Crippen LogP contribution is 2.42. The molecule has 0 saturated heterocycles. The van der Waals surface area contributed by atoms with Gasteiger partial charge in [0.2, 0.25) is 0 Å². The van der Waals surface area contributed by atoms with Gasteiger partial charge < -0.3 is 9.13 Å². The van der Waals surface area contributed by atoms with Crippen LogP contribution in [-0.2, 0) is 0 Å². The minimum Gasteiger partial charge on any atom is -0.309 e. The molecule has 14 aromatic rings. The van der Waals surface area contributed by atoms with Crippen molar-refractivity contribution in [3.05, 3.63) is 224 Å². The highest BCUT2D eigenvalue weighted by molar-refractivity contribution is 6.22. The number of benzene rings is 10. The molecule has 0 amide bonds. The van der Waals surface area contributed by atoms with Crippen LogP contribution in [0, 0.1) is 0 Å². The second-order valence-corrected chi connectivity index (χ2v) is 17.0. The molecule has 0 atom stereocenters. The molecule has 65 heavy (non-hydrogen) atoms. The van der Waals surface area contributed by atoms with Gasteiger partial charge in [-0.3, -0.25) is 4.57 Å². The average molecular weight is 828 g/mol. The molecule has 302 valence electrons. The molecule has 5 nitrogen and oxygen atoms in total. The normalized spacial score (nSPS) is 12.0. The summed E-state index contributed by atoms with van der Waals surface area (Å²) in [5, 5.41) is 9.70. The minimum atomic E-state index is 0.802. The van der Waals surface area contributed by atoms with Crippen molar-refractivity contribution in [3.8, 4) is 39.6 Å². The van der Waals surface area contributed by atoms with E-state index in [1.807, 2.05) is 12.1 Å². The van der Waals surface area contributed by atoms with Gasteiger partial charge in [-0.05, 0) is 113 Å². The highest BCUT2D eigenvalue weighted by atomic mass is 15.1. The maximum absolute atomic E-state index is 5.48. The predicted octanol–water partition coefficient (Wildman–Crippen LogP) is 15.4. The molecular weight excluding hydrogens is 791 g/mol. The third-order valence-corrected chi connectivity index (χ3v) is 13.4. The average Bonchev–Trinajstić information content (AvgIpc) is 4.01. The summed E-state index contributed by atoms with van der Waals surface area (Å²) in [7, 11) is 0. The second kappa shape index (κ2) is 13.9. The number of para-hydroxylation sites is 6. The van der Waals surface area contributed by atoms with Crippen LogP contribution in [0.5, 0.6) is 0 Å². The lowest BCUT2D eigenvalue weighted by atomic mass is 9.99. The van der Waals surface area contributed by atoms with Gasteiger partial charge in [0.05, 0.1) is 44.1 Å². The van der Waals surface area contributed by atoms with E-state index in [1.165, 1.54) is 59.8 Å². The van der Waals surface area contributed by atoms with Crippen LogP contribution in [0.25, 0.3) is 127 Å². The maximum atomic E-state index is 5.48. The predicted molar refractivity (Wildman–Crippen MR) is 271 cm³/mol. The van der Waals surface area contributed by atoms with Gasteiger partial charge in [0.25, 0.3) is 0 Å². The molecule has 0 spiro atoms. The monoisotopic (exact) mass is 827 g/mol. The SMILES string of the molecule is c1ccc(-n2c3ccccc3c3cc(-c4nc5ccccc5nc4-n4c5ccccc5c5cc(-c6ccc7c(c6)c6c8ccccc8ccc6n7-c6ccccc6)ccc54)ccc32)cc1. The van der Waals surface area contributed by atoms with E-state index in [0.29, 0.717) is 0 Å². The molecule has 0 N–H and O–H groups in total. The second-order valence-electron chi connectivity index (χ2n) is 17.0. The number of hydrogen-bond acceptors (Lipinski definition) is 2. The number of fused-ring (bicyclic) bond motifs is 12. The van der Waals surface area contributed by atoms with E-state index in [1.54, 1.807) is 0 Å². The Bertz CT molecular complexity index is 4230. The van der Waals surface area contributed by atoms with E-state index in [9.17, 15) is 0 Å². The summed E-state index contributed by atoms with van der Waals surface area (Å²) >= 11 is 0. The minimum absolute atomic E-state index is 0.802. The van der Waals surface area contributed by atoms with Crippen molar-refractivity contribution in [2.75, 3.05) is 0 Å². The first kappa shape index (κ1) is 35.8. The molecule has 0 bridgehead atoms. The molecule has 0 radical (unpaired) electrons. The Morgan fingerprint density at radius 3 is 1.40 bits per heavy atom. The Morgan fingerprint density at radius 1 is 0.277 bits per heavy atom. The Balaban J connectivity index is 0.986. The maximum Gasteiger partial charge on any atom is 0.165 e. The van der Waals surface area contributed by atoms with Gasteiger partial charge in [-0.15, -0.1) is 0 Å². The lowest BCUT2D eigenvalue weighted by molar-refractivity contribution is 1.08. The van der Waals surface area contributed by atoms with Crippen LogP contribution in [0.2, 0.25) is 0 Å². The quantitative estimate of drug-likeness (QED) is 0.173. The summed E-state index contributed by atoms with van der Waals surface area (Å²) in [6.45, 7) is 0. The zero-order valence-electron chi connectivity index (χ0n) is 35.1. The van der Waals surface area contributed by atoms with E-state index in [-0.39, 0.29) is 0 Å². The van der Waals surface area contributed by atoms with Crippen molar-refractivity contribution in [2.45, 2.75) is 0 Å². The molecule has 10 aromatic carbocycles. The number of aromatic nitrogens is 5. The van der Waals surface area contributed by atoms with E-state index in [0.717, 1.165) is 67.0 Å². The van der Waals surface area contributed by atoms with Crippen LogP contribution in [0.3, 0.4) is 0 Å². The molecule has 0 aliphatic rings. The Labute approximate surface area is 373 Å². The highest BCUT2D eigenvalue weighted by Gasteiger charge is 2.22. The molecule has 0 unspecified atom stereocenters. The zero-order valence-corrected chi connectivity index (χ0v) is 35.1. The van der Waals surface area contributed by atoms with Crippen molar-refractivity contribution in [2.24, 2.45) is 0 Å². The molecule has 5 heteroatoms. The van der Waals surface area contributed by atoms with Gasteiger partial charge in [-0.2, -0.15) is 0 Å². The number of nitrogens with zero attached hydrogens (tertiary/aromatic N) is 5. The fourth-order valence-electron chi connectivity index (χ4n) is 10.5. The van der Waals surface area contributed by atoms with Crippen LogP contribution < -0.4 is 0 Å². The van der Waals surface area contributed by atoms with Crippen molar-refractivity contribution in [3.63, 3.8) is 0 Å². The first-order valence-corrected chi connectivity index (χ1v) is 22.2. The zero-order chi connectivity index (χ0) is 42.6. The lowest BCUT2D eigenvalue weighted by Crippen LogP contribution is -2.03. The largest absolute Gasteiger partial charge is 0.309 e. The summed E-state index contributed by atoms with van der Waals surface area (Å²) in [4.78, 5) is 10.9. The van der Waals surface area contributed by atoms with Crippen molar-refractivity contribution < 1.29 is 0 Å². The van der Waals surface area contributed by atoms with Crippen molar-refractivity contribution >= 4 is 87.2 Å². The summed E-state index contributed by atoms with van der Waals surface area (Å²) in [5.41, 5.74) is 15.1. The molecule has 0 aliphatic carbocycles. The Kier molecular flexibility index (Phi) is 7.62. The van der Waals surface area contributed by atoms with Gasteiger partial charge in [-0.1, -0.05) is 133 Å². The lowest BCUT2D eigenvalue weighted by Gasteiger charge is -2.14. The molecule has 4 heterocycles. The van der Waals surface area contributed by atoms with E-state index < -0.39 is 0 Å². The molecule has 0 fully saturated rings. The van der Waals surface area contributed by atoms with E-state index >= 15 is 0 Å².